The van der Waals surface area contributed by atoms with E-state index in [0.29, 0.717) is 25.7 Å². The van der Waals surface area contributed by atoms with E-state index in [4.69, 9.17) is 37.0 Å². The lowest BCUT2D eigenvalue weighted by molar-refractivity contribution is -0.161. The van der Waals surface area contributed by atoms with Crippen LogP contribution in [0.2, 0.25) is 0 Å². The van der Waals surface area contributed by atoms with Crippen LogP contribution in [0.15, 0.2) is 0 Å². The van der Waals surface area contributed by atoms with Crippen molar-refractivity contribution >= 4 is 39.5 Å². The Hall–Kier alpha value is -1.94. The molecule has 0 saturated heterocycles. The number of aliphatic hydroxyl groups is 1. The minimum absolute atomic E-state index is 0.110. The minimum atomic E-state index is -4.97. The van der Waals surface area contributed by atoms with Gasteiger partial charge in [-0.15, -0.1) is 0 Å². The molecule has 0 saturated carbocycles. The molecule has 0 fully saturated rings. The molecule has 0 aliphatic carbocycles. The molecule has 0 bridgehead atoms. The van der Waals surface area contributed by atoms with E-state index in [-0.39, 0.29) is 25.7 Å². The van der Waals surface area contributed by atoms with Crippen LogP contribution in [0.3, 0.4) is 0 Å². The molecule has 17 nitrogen and oxygen atoms in total. The van der Waals surface area contributed by atoms with Gasteiger partial charge in [0.05, 0.1) is 26.4 Å². The van der Waals surface area contributed by atoms with Gasteiger partial charge >= 0.3 is 39.5 Å². The maximum atomic E-state index is 13.2. The second-order valence-corrected chi connectivity index (χ2v) is 37.0. The van der Waals surface area contributed by atoms with Crippen LogP contribution >= 0.6 is 15.6 Å². The zero-order valence-electron chi connectivity index (χ0n) is 75.1. The highest BCUT2D eigenvalue weighted by Gasteiger charge is 2.31. The van der Waals surface area contributed by atoms with Crippen molar-refractivity contribution in [2.24, 2.45) is 0 Å². The number of aliphatic hydroxyl groups excluding tert-OH is 1. The molecule has 0 rings (SSSR count). The molecule has 0 aromatic heterocycles. The third kappa shape index (κ3) is 87.9. The molecular weight excluding hydrogens is 1470 g/mol. The minimum Gasteiger partial charge on any atom is -0.462 e. The van der Waals surface area contributed by atoms with Crippen LogP contribution in [-0.2, 0) is 65.4 Å². The molecule has 678 valence electrons. The molecule has 0 heterocycles. The van der Waals surface area contributed by atoms with Gasteiger partial charge in [-0.3, -0.25) is 37.3 Å². The Labute approximate surface area is 702 Å². The Morgan fingerprint density at radius 2 is 0.351 bits per heavy atom. The number of phosphoric acid groups is 2. The highest BCUT2D eigenvalue weighted by Crippen LogP contribution is 2.45. The molecule has 2 unspecified atom stereocenters. The summed E-state index contributed by atoms with van der Waals surface area (Å²) in [5.74, 6) is -2.09. The van der Waals surface area contributed by atoms with Gasteiger partial charge in [-0.25, -0.2) is 9.13 Å². The summed E-state index contributed by atoms with van der Waals surface area (Å²) in [5.41, 5.74) is 0. The standard InChI is InChI=1S/C95H186O17P2/c1-5-9-13-17-21-25-28-31-34-37-40-43-46-48-51-54-57-60-64-68-72-76-80-93(98)106-86-91(112-95(100)82-78-74-70-66-62-59-56-53-50-47-44-41-38-35-32-29-26-22-18-14-10-6-2)88-110-114(103,104)108-84-89(96)83-107-113(101,102)109-87-90(85-105-92(97)79-75-71-67-63-24-20-16-12-8-4)111-94(99)81-77-73-69-65-61-58-55-52-49-45-42-39-36-33-30-27-23-19-15-11-7-3/h89-91,96H,5-88H2,1-4H3,(H,101,102)(H,103,104)/t89-,90+,91+/m0/s1. The Kier molecular flexibility index (Phi) is 87.3. The van der Waals surface area contributed by atoms with Crippen LogP contribution < -0.4 is 0 Å². The zero-order chi connectivity index (χ0) is 83.1. The third-order valence-corrected chi connectivity index (χ3v) is 24.5. The van der Waals surface area contributed by atoms with E-state index in [0.717, 1.165) is 89.9 Å². The lowest BCUT2D eigenvalue weighted by atomic mass is 10.0. The van der Waals surface area contributed by atoms with Gasteiger partial charge in [0.2, 0.25) is 0 Å². The van der Waals surface area contributed by atoms with E-state index in [1.165, 1.54) is 360 Å². The number of ether oxygens (including phenoxy) is 4. The summed E-state index contributed by atoms with van der Waals surface area (Å²) < 4.78 is 69.1. The van der Waals surface area contributed by atoms with Crippen molar-refractivity contribution in [3.63, 3.8) is 0 Å². The van der Waals surface area contributed by atoms with Crippen molar-refractivity contribution in [3.05, 3.63) is 0 Å². The number of phosphoric ester groups is 2. The molecule has 0 aromatic rings. The van der Waals surface area contributed by atoms with Gasteiger partial charge in [0.1, 0.15) is 19.3 Å². The fourth-order valence-electron chi connectivity index (χ4n) is 15.1. The van der Waals surface area contributed by atoms with Crippen molar-refractivity contribution in [1.82, 2.24) is 0 Å². The van der Waals surface area contributed by atoms with Crippen LogP contribution in [-0.4, -0.2) is 96.7 Å². The summed E-state index contributed by atoms with van der Waals surface area (Å²) in [6.45, 7) is 5.08. The molecule has 19 heteroatoms. The van der Waals surface area contributed by atoms with Crippen LogP contribution in [0.4, 0.5) is 0 Å². The van der Waals surface area contributed by atoms with Crippen LogP contribution in [0, 0.1) is 0 Å². The number of unbranched alkanes of at least 4 members (excludes halogenated alkanes) is 70. The maximum absolute atomic E-state index is 13.2. The molecule has 0 aromatic carbocycles. The van der Waals surface area contributed by atoms with Gasteiger partial charge in [0.25, 0.3) is 0 Å². The molecular formula is C95H186O17P2. The molecule has 0 aliphatic rings. The second-order valence-electron chi connectivity index (χ2n) is 34.1. The number of esters is 4. The van der Waals surface area contributed by atoms with Crippen LogP contribution in [0.5, 0.6) is 0 Å². The fraction of sp³-hybridized carbons (Fsp3) is 0.958. The van der Waals surface area contributed by atoms with Crippen molar-refractivity contribution < 1.29 is 80.2 Å². The maximum Gasteiger partial charge on any atom is 0.472 e. The van der Waals surface area contributed by atoms with Gasteiger partial charge in [0.15, 0.2) is 12.2 Å². The number of rotatable bonds is 96. The normalized spacial score (nSPS) is 13.6. The number of hydrogen-bond acceptors (Lipinski definition) is 15. The molecule has 0 aliphatic heterocycles. The molecule has 3 N–H and O–H groups in total. The summed E-state index contributed by atoms with van der Waals surface area (Å²) in [5, 5.41) is 10.7. The van der Waals surface area contributed by atoms with E-state index in [1.54, 1.807) is 0 Å². The average molecular weight is 1660 g/mol. The van der Waals surface area contributed by atoms with E-state index in [2.05, 4.69) is 27.7 Å². The van der Waals surface area contributed by atoms with Crippen molar-refractivity contribution in [2.75, 3.05) is 39.6 Å². The zero-order valence-corrected chi connectivity index (χ0v) is 76.9. The van der Waals surface area contributed by atoms with Gasteiger partial charge in [-0.1, -0.05) is 477 Å². The highest BCUT2D eigenvalue weighted by atomic mass is 31.2. The van der Waals surface area contributed by atoms with E-state index >= 15 is 0 Å². The van der Waals surface area contributed by atoms with Gasteiger partial charge in [0, 0.05) is 25.7 Å². The number of carbonyl (C=O) groups excluding carboxylic acids is 4. The van der Waals surface area contributed by atoms with Gasteiger partial charge in [-0.05, 0) is 25.7 Å². The van der Waals surface area contributed by atoms with E-state index in [9.17, 15) is 43.2 Å². The quantitative estimate of drug-likeness (QED) is 0.0222. The first kappa shape index (κ1) is 112. The van der Waals surface area contributed by atoms with Crippen molar-refractivity contribution in [1.29, 1.82) is 0 Å². The summed E-state index contributed by atoms with van der Waals surface area (Å²) in [6.07, 6.45) is 88.0. The van der Waals surface area contributed by atoms with E-state index in [1.807, 2.05) is 0 Å². The summed E-state index contributed by atoms with van der Waals surface area (Å²) >= 11 is 0. The fourth-order valence-corrected chi connectivity index (χ4v) is 16.7. The van der Waals surface area contributed by atoms with Gasteiger partial charge in [-0.2, -0.15) is 0 Å². The first-order chi connectivity index (χ1) is 55.7. The third-order valence-electron chi connectivity index (χ3n) is 22.6. The molecule has 0 radical (unpaired) electrons. The molecule has 0 spiro atoms. The summed E-state index contributed by atoms with van der Waals surface area (Å²) in [4.78, 5) is 73.4. The monoisotopic (exact) mass is 1660 g/mol. The Morgan fingerprint density at radius 1 is 0.211 bits per heavy atom. The molecule has 0 amide bonds. The Bertz CT molecular complexity index is 2140. The Balaban J connectivity index is 5.17. The first-order valence-electron chi connectivity index (χ1n) is 49.3. The SMILES string of the molecule is CCCCCCCCCCCCCCCCCCCCCCCCC(=O)OC[C@H](COP(=O)(O)OC[C@@H](O)COP(=O)(O)OC[C@@H](COC(=O)CCCCCCCCCCC)OC(=O)CCCCCCCCCCCCCCCCCCCCCCC)OC(=O)CCCCCCCCCCCCCCCCCCCCCCCC. The van der Waals surface area contributed by atoms with Crippen molar-refractivity contribution in [3.8, 4) is 0 Å². The highest BCUT2D eigenvalue weighted by molar-refractivity contribution is 7.47. The van der Waals surface area contributed by atoms with Crippen molar-refractivity contribution in [2.45, 2.75) is 547 Å². The average Bonchev–Trinajstić information content (AvgIpc) is 0.901. The second kappa shape index (κ2) is 88.8. The smallest absolute Gasteiger partial charge is 0.462 e. The molecule has 114 heavy (non-hydrogen) atoms. The lowest BCUT2D eigenvalue weighted by Crippen LogP contribution is -2.30. The van der Waals surface area contributed by atoms with Crippen LogP contribution in [0.1, 0.15) is 529 Å². The van der Waals surface area contributed by atoms with Gasteiger partial charge < -0.3 is 33.8 Å². The summed E-state index contributed by atoms with van der Waals surface area (Å²) in [7, 11) is -9.94. The van der Waals surface area contributed by atoms with E-state index < -0.39 is 97.5 Å². The largest absolute Gasteiger partial charge is 0.472 e. The predicted molar refractivity (Wildman–Crippen MR) is 474 cm³/mol. The summed E-state index contributed by atoms with van der Waals surface area (Å²) in [6, 6.07) is 0. The predicted octanol–water partition coefficient (Wildman–Crippen LogP) is 30.0. The topological polar surface area (TPSA) is 237 Å². The Morgan fingerprint density at radius 3 is 0.518 bits per heavy atom. The van der Waals surface area contributed by atoms with Crippen LogP contribution in [0.25, 0.3) is 0 Å². The number of carbonyl (C=O) groups is 4. The first-order valence-corrected chi connectivity index (χ1v) is 52.3. The number of hydrogen-bond donors (Lipinski definition) is 3. The molecule has 5 atom stereocenters. The lowest BCUT2D eigenvalue weighted by Gasteiger charge is -2.21.